The zero-order chi connectivity index (χ0) is 12.7. The maximum Gasteiger partial charge on any atom is 0.126 e. The first-order valence-electron chi connectivity index (χ1n) is 6.75. The Balaban J connectivity index is 1.70. The second-order valence-corrected chi connectivity index (χ2v) is 6.28. The fraction of sp³-hybridized carbons (Fsp3) is 0.600. The summed E-state index contributed by atoms with van der Waals surface area (Å²) in [5.74, 6) is 1.56. The summed E-state index contributed by atoms with van der Waals surface area (Å²) >= 11 is 5.87. The summed E-state index contributed by atoms with van der Waals surface area (Å²) in [6.07, 6.45) is 4.91. The van der Waals surface area contributed by atoms with Crippen molar-refractivity contribution in [3.8, 4) is 0 Å². The summed E-state index contributed by atoms with van der Waals surface area (Å²) in [4.78, 5) is 0. The van der Waals surface area contributed by atoms with Crippen LogP contribution in [0, 0.1) is 23.6 Å². The lowest BCUT2D eigenvalue weighted by molar-refractivity contribution is 0.0743. The van der Waals surface area contributed by atoms with Crippen molar-refractivity contribution >= 4 is 11.6 Å². The molecule has 2 saturated carbocycles. The van der Waals surface area contributed by atoms with Gasteiger partial charge in [0.25, 0.3) is 0 Å². The molecule has 0 aromatic heterocycles. The van der Waals surface area contributed by atoms with Crippen LogP contribution in [0.2, 0.25) is 5.02 Å². The quantitative estimate of drug-likeness (QED) is 0.884. The van der Waals surface area contributed by atoms with Crippen LogP contribution in [0.15, 0.2) is 18.2 Å². The number of hydrogen-bond acceptors (Lipinski definition) is 1. The minimum absolute atomic E-state index is 0.262. The van der Waals surface area contributed by atoms with Gasteiger partial charge in [-0.05, 0) is 60.8 Å². The van der Waals surface area contributed by atoms with E-state index in [1.54, 1.807) is 12.1 Å². The lowest BCUT2D eigenvalue weighted by Crippen LogP contribution is -2.27. The van der Waals surface area contributed by atoms with Crippen molar-refractivity contribution in [1.82, 2.24) is 0 Å². The van der Waals surface area contributed by atoms with E-state index in [0.717, 1.165) is 12.3 Å². The van der Waals surface area contributed by atoms with E-state index in [1.165, 1.54) is 25.3 Å². The maximum absolute atomic E-state index is 13.6. The molecule has 4 unspecified atom stereocenters. The van der Waals surface area contributed by atoms with Crippen LogP contribution in [0.1, 0.15) is 31.2 Å². The molecule has 1 N–H and O–H groups in total. The average molecular weight is 269 g/mol. The molecule has 0 heterocycles. The minimum atomic E-state index is -0.423. The van der Waals surface area contributed by atoms with Crippen molar-refractivity contribution in [3.63, 3.8) is 0 Å². The van der Waals surface area contributed by atoms with Gasteiger partial charge >= 0.3 is 0 Å². The van der Waals surface area contributed by atoms with Crippen molar-refractivity contribution in [2.45, 2.75) is 38.2 Å². The number of aliphatic hydroxyl groups excluding tert-OH is 1. The molecule has 2 aliphatic carbocycles. The van der Waals surface area contributed by atoms with E-state index in [4.69, 9.17) is 11.6 Å². The highest BCUT2D eigenvalue weighted by Gasteiger charge is 2.42. The number of rotatable bonds is 3. The molecule has 0 amide bonds. The van der Waals surface area contributed by atoms with E-state index in [1.807, 2.05) is 0 Å². The van der Waals surface area contributed by atoms with Crippen molar-refractivity contribution in [1.29, 1.82) is 0 Å². The summed E-state index contributed by atoms with van der Waals surface area (Å²) < 4.78 is 13.6. The van der Waals surface area contributed by atoms with Crippen LogP contribution < -0.4 is 0 Å². The Hall–Kier alpha value is -0.600. The zero-order valence-electron chi connectivity index (χ0n) is 10.3. The fourth-order valence-electron chi connectivity index (χ4n) is 3.84. The third-order valence-corrected chi connectivity index (χ3v) is 4.96. The first kappa shape index (κ1) is 12.4. The van der Waals surface area contributed by atoms with Gasteiger partial charge in [0.15, 0.2) is 0 Å². The molecule has 1 nitrogen and oxygen atoms in total. The molecule has 18 heavy (non-hydrogen) atoms. The van der Waals surface area contributed by atoms with E-state index in [2.05, 4.69) is 0 Å². The Kier molecular flexibility index (Phi) is 3.33. The van der Waals surface area contributed by atoms with Crippen molar-refractivity contribution in [2.24, 2.45) is 17.8 Å². The van der Waals surface area contributed by atoms with E-state index in [0.29, 0.717) is 28.8 Å². The highest BCUT2D eigenvalue weighted by molar-refractivity contribution is 6.30. The Labute approximate surface area is 112 Å². The van der Waals surface area contributed by atoms with Crippen LogP contribution in [0.25, 0.3) is 0 Å². The second-order valence-electron chi connectivity index (χ2n) is 5.85. The van der Waals surface area contributed by atoms with Gasteiger partial charge in [0.05, 0.1) is 6.10 Å². The van der Waals surface area contributed by atoms with Crippen LogP contribution in [0.5, 0.6) is 0 Å². The third kappa shape index (κ3) is 2.28. The summed E-state index contributed by atoms with van der Waals surface area (Å²) in [6.45, 7) is 0. The molecule has 0 aliphatic heterocycles. The molecule has 0 spiro atoms. The van der Waals surface area contributed by atoms with Crippen molar-refractivity contribution in [2.75, 3.05) is 0 Å². The lowest BCUT2D eigenvalue weighted by Gasteiger charge is -2.27. The second kappa shape index (κ2) is 4.82. The van der Waals surface area contributed by atoms with Crippen LogP contribution in [0.4, 0.5) is 4.39 Å². The molecule has 0 saturated heterocycles. The molecule has 0 radical (unpaired) electrons. The van der Waals surface area contributed by atoms with Gasteiger partial charge in [-0.25, -0.2) is 4.39 Å². The lowest BCUT2D eigenvalue weighted by atomic mass is 9.82. The van der Waals surface area contributed by atoms with Crippen LogP contribution in [-0.4, -0.2) is 11.2 Å². The molecule has 3 rings (SSSR count). The molecule has 3 heteroatoms. The highest BCUT2D eigenvalue weighted by atomic mass is 35.5. The van der Waals surface area contributed by atoms with E-state index < -0.39 is 6.10 Å². The van der Waals surface area contributed by atoms with Gasteiger partial charge in [-0.1, -0.05) is 18.0 Å². The van der Waals surface area contributed by atoms with Crippen molar-refractivity contribution < 1.29 is 9.50 Å². The third-order valence-electron chi connectivity index (χ3n) is 4.72. The van der Waals surface area contributed by atoms with E-state index >= 15 is 0 Å². The Morgan fingerprint density at radius 3 is 2.83 bits per heavy atom. The number of fused-ring (bicyclic) bond motifs is 2. The standard InChI is InChI=1S/C15H18ClFO/c16-12-3-4-14(17)11(7-12)8-15(18)13-6-9-1-2-10(13)5-9/h3-4,7,9-10,13,15,18H,1-2,5-6,8H2. The van der Waals surface area contributed by atoms with Gasteiger partial charge in [-0.2, -0.15) is 0 Å². The van der Waals surface area contributed by atoms with Gasteiger partial charge < -0.3 is 5.11 Å². The molecule has 2 fully saturated rings. The molecule has 4 atom stereocenters. The minimum Gasteiger partial charge on any atom is -0.392 e. The molecule has 2 aliphatic rings. The van der Waals surface area contributed by atoms with Crippen LogP contribution in [-0.2, 0) is 6.42 Å². The SMILES string of the molecule is OC(Cc1cc(Cl)ccc1F)C1CC2CCC1C2. The molecule has 2 bridgehead atoms. The van der Waals surface area contributed by atoms with Crippen molar-refractivity contribution in [3.05, 3.63) is 34.6 Å². The Morgan fingerprint density at radius 1 is 1.33 bits per heavy atom. The number of hydrogen-bond donors (Lipinski definition) is 1. The molecule has 1 aromatic rings. The molecular formula is C15H18ClFO. The fourth-order valence-corrected chi connectivity index (χ4v) is 4.04. The zero-order valence-corrected chi connectivity index (χ0v) is 11.0. The first-order valence-corrected chi connectivity index (χ1v) is 7.13. The first-order chi connectivity index (χ1) is 8.63. The maximum atomic E-state index is 13.6. The monoisotopic (exact) mass is 268 g/mol. The number of benzene rings is 1. The topological polar surface area (TPSA) is 20.2 Å². The van der Waals surface area contributed by atoms with E-state index in [9.17, 15) is 9.50 Å². The number of aliphatic hydroxyl groups is 1. The largest absolute Gasteiger partial charge is 0.392 e. The molecule has 98 valence electrons. The summed E-state index contributed by atoms with van der Waals surface area (Å²) in [7, 11) is 0. The van der Waals surface area contributed by atoms with Gasteiger partial charge in [-0.15, -0.1) is 0 Å². The van der Waals surface area contributed by atoms with Gasteiger partial charge in [0.1, 0.15) is 5.82 Å². The normalized spacial score (nSPS) is 31.8. The van der Waals surface area contributed by atoms with Gasteiger partial charge in [0, 0.05) is 11.4 Å². The van der Waals surface area contributed by atoms with Crippen LogP contribution >= 0.6 is 11.6 Å². The smallest absolute Gasteiger partial charge is 0.126 e. The molecule has 1 aromatic carbocycles. The number of halogens is 2. The summed E-state index contributed by atoms with van der Waals surface area (Å²) in [5.41, 5.74) is 0.540. The molecular weight excluding hydrogens is 251 g/mol. The summed E-state index contributed by atoms with van der Waals surface area (Å²) in [6, 6.07) is 4.56. The van der Waals surface area contributed by atoms with Crippen LogP contribution in [0.3, 0.4) is 0 Å². The van der Waals surface area contributed by atoms with Gasteiger partial charge in [0.2, 0.25) is 0 Å². The predicted octanol–water partition coefficient (Wildman–Crippen LogP) is 3.82. The Morgan fingerprint density at radius 2 is 2.17 bits per heavy atom. The average Bonchev–Trinajstić information content (AvgIpc) is 2.96. The van der Waals surface area contributed by atoms with E-state index in [-0.39, 0.29) is 5.82 Å². The van der Waals surface area contributed by atoms with Gasteiger partial charge in [-0.3, -0.25) is 0 Å². The highest BCUT2D eigenvalue weighted by Crippen LogP contribution is 2.49. The predicted molar refractivity (Wildman–Crippen MR) is 70.1 cm³/mol. The Bertz CT molecular complexity index is 448. The summed E-state index contributed by atoms with van der Waals surface area (Å²) in [5, 5.41) is 10.9.